The molecule has 1 aliphatic heterocycles. The fourth-order valence-electron chi connectivity index (χ4n) is 3.95. The van der Waals surface area contributed by atoms with E-state index < -0.39 is 30.0 Å². The quantitative estimate of drug-likeness (QED) is 0.381. The predicted octanol–water partition coefficient (Wildman–Crippen LogP) is 6.11. The Bertz CT molecular complexity index is 1140. The van der Waals surface area contributed by atoms with Crippen LogP contribution < -0.4 is 4.74 Å². The van der Waals surface area contributed by atoms with E-state index in [2.05, 4.69) is 4.74 Å². The van der Waals surface area contributed by atoms with Crippen LogP contribution in [0.5, 0.6) is 5.75 Å². The third kappa shape index (κ3) is 5.84. The van der Waals surface area contributed by atoms with Gasteiger partial charge in [-0.1, -0.05) is 30.3 Å². The normalized spacial score (nSPS) is 18.9. The van der Waals surface area contributed by atoms with E-state index in [0.29, 0.717) is 41.7 Å². The van der Waals surface area contributed by atoms with Crippen LogP contribution in [0.25, 0.3) is 10.8 Å². The minimum absolute atomic E-state index is 0.170. The number of halogens is 5. The van der Waals surface area contributed by atoms with Crippen molar-refractivity contribution in [1.82, 2.24) is 0 Å². The summed E-state index contributed by atoms with van der Waals surface area (Å²) in [7, 11) is 1.62. The summed E-state index contributed by atoms with van der Waals surface area (Å²) in [4.78, 5) is 0. The molecule has 1 heterocycles. The molecule has 0 bridgehead atoms. The molecule has 0 saturated carbocycles. The second kappa shape index (κ2) is 10.2. The number of methoxy groups -OCH3 is 1. The van der Waals surface area contributed by atoms with Gasteiger partial charge in [-0.2, -0.15) is 0 Å². The monoisotopic (exact) mass is 482 g/mol. The molecule has 0 atom stereocenters. The van der Waals surface area contributed by atoms with E-state index in [9.17, 15) is 17.6 Å². The molecule has 4 nitrogen and oxygen atoms in total. The average Bonchev–Trinajstić information content (AvgIpc) is 2.80. The molecule has 0 radical (unpaired) electrons. The van der Waals surface area contributed by atoms with Crippen LogP contribution in [-0.2, 0) is 27.1 Å². The third-order valence-electron chi connectivity index (χ3n) is 5.60. The lowest BCUT2D eigenvalue weighted by atomic mass is 9.98. The molecule has 0 aliphatic carbocycles. The molecule has 182 valence electrons. The fourth-order valence-corrected chi connectivity index (χ4v) is 3.95. The van der Waals surface area contributed by atoms with Gasteiger partial charge in [-0.25, -0.2) is 8.78 Å². The van der Waals surface area contributed by atoms with Gasteiger partial charge in [0.15, 0.2) is 17.9 Å². The van der Waals surface area contributed by atoms with Crippen LogP contribution in [0, 0.1) is 17.6 Å². The van der Waals surface area contributed by atoms with Crippen molar-refractivity contribution in [1.29, 1.82) is 0 Å². The number of benzene rings is 3. The van der Waals surface area contributed by atoms with Crippen molar-refractivity contribution in [2.24, 2.45) is 5.92 Å². The Kier molecular flexibility index (Phi) is 7.35. The number of hydrogen-bond donors (Lipinski definition) is 0. The standard InChI is InChI=1S/C25H23F5O4/c1-31-12-16-13-32-24(33-14-16)19-7-8-20-18(11-19)6-5-17(23(20)27)4-2-15-3-9-22(21(26)10-15)34-25(28,29)30/h3,5-11,16,24H,2,4,12-14H2,1H3. The number of aryl methyl sites for hydroxylation is 2. The van der Waals surface area contributed by atoms with Gasteiger partial charge >= 0.3 is 6.36 Å². The zero-order valence-electron chi connectivity index (χ0n) is 18.3. The predicted molar refractivity (Wildman–Crippen MR) is 114 cm³/mol. The van der Waals surface area contributed by atoms with Crippen molar-refractivity contribution >= 4 is 10.8 Å². The molecule has 4 rings (SSSR count). The highest BCUT2D eigenvalue weighted by atomic mass is 19.4. The number of hydrogen-bond acceptors (Lipinski definition) is 4. The summed E-state index contributed by atoms with van der Waals surface area (Å²) in [6.07, 6.45) is -5.01. The number of alkyl halides is 3. The van der Waals surface area contributed by atoms with Gasteiger partial charge in [0.05, 0.1) is 19.8 Å². The van der Waals surface area contributed by atoms with Gasteiger partial charge in [0.1, 0.15) is 5.82 Å². The lowest BCUT2D eigenvalue weighted by Gasteiger charge is -2.29. The Morgan fingerprint density at radius 2 is 1.71 bits per heavy atom. The van der Waals surface area contributed by atoms with E-state index in [1.807, 2.05) is 6.07 Å². The van der Waals surface area contributed by atoms with Crippen molar-refractivity contribution in [2.75, 3.05) is 26.9 Å². The van der Waals surface area contributed by atoms with Crippen molar-refractivity contribution in [2.45, 2.75) is 25.5 Å². The lowest BCUT2D eigenvalue weighted by Crippen LogP contribution is -2.29. The Morgan fingerprint density at radius 3 is 2.38 bits per heavy atom. The molecular weight excluding hydrogens is 459 g/mol. The van der Waals surface area contributed by atoms with Gasteiger partial charge in [0, 0.05) is 24.0 Å². The summed E-state index contributed by atoms with van der Waals surface area (Å²) in [5.74, 6) is -2.25. The summed E-state index contributed by atoms with van der Waals surface area (Å²) >= 11 is 0. The highest BCUT2D eigenvalue weighted by molar-refractivity contribution is 5.84. The topological polar surface area (TPSA) is 36.9 Å². The minimum atomic E-state index is -4.97. The minimum Gasteiger partial charge on any atom is -0.403 e. The van der Waals surface area contributed by atoms with Crippen molar-refractivity contribution in [3.63, 3.8) is 0 Å². The fraction of sp³-hybridized carbons (Fsp3) is 0.360. The van der Waals surface area contributed by atoms with Crippen LogP contribution in [0.3, 0.4) is 0 Å². The van der Waals surface area contributed by atoms with Gasteiger partial charge in [-0.15, -0.1) is 13.2 Å². The molecule has 1 fully saturated rings. The van der Waals surface area contributed by atoms with E-state index in [4.69, 9.17) is 14.2 Å². The zero-order valence-corrected chi connectivity index (χ0v) is 18.3. The summed E-state index contributed by atoms with van der Waals surface area (Å²) in [6.45, 7) is 1.57. The second-order valence-electron chi connectivity index (χ2n) is 8.15. The molecule has 1 saturated heterocycles. The van der Waals surface area contributed by atoms with E-state index >= 15 is 4.39 Å². The second-order valence-corrected chi connectivity index (χ2v) is 8.15. The molecule has 34 heavy (non-hydrogen) atoms. The van der Waals surface area contributed by atoms with Crippen LogP contribution in [0.2, 0.25) is 0 Å². The Morgan fingerprint density at radius 1 is 0.941 bits per heavy atom. The molecule has 0 unspecified atom stereocenters. The first-order chi connectivity index (χ1) is 16.2. The zero-order chi connectivity index (χ0) is 24.3. The Labute approximate surface area is 193 Å². The van der Waals surface area contributed by atoms with Crippen molar-refractivity contribution in [3.05, 3.63) is 76.9 Å². The van der Waals surface area contributed by atoms with Gasteiger partial charge in [0.2, 0.25) is 0 Å². The van der Waals surface area contributed by atoms with Crippen LogP contribution >= 0.6 is 0 Å². The van der Waals surface area contributed by atoms with Crippen LogP contribution in [0.4, 0.5) is 22.0 Å². The summed E-state index contributed by atoms with van der Waals surface area (Å²) in [5.41, 5.74) is 1.64. The maximum Gasteiger partial charge on any atom is 0.573 e. The molecule has 0 aromatic heterocycles. The first kappa shape index (κ1) is 24.4. The van der Waals surface area contributed by atoms with Crippen LogP contribution in [-0.4, -0.2) is 33.3 Å². The summed E-state index contributed by atoms with van der Waals surface area (Å²) in [6, 6.07) is 11.9. The van der Waals surface area contributed by atoms with Crippen molar-refractivity contribution < 1.29 is 40.9 Å². The molecule has 3 aromatic rings. The number of fused-ring (bicyclic) bond motifs is 1. The molecule has 0 spiro atoms. The first-order valence-electron chi connectivity index (χ1n) is 10.7. The molecular formula is C25H23F5O4. The third-order valence-corrected chi connectivity index (χ3v) is 5.60. The molecule has 0 amide bonds. The molecule has 0 N–H and O–H groups in total. The molecule has 3 aromatic carbocycles. The van der Waals surface area contributed by atoms with Gasteiger partial charge in [0.25, 0.3) is 0 Å². The van der Waals surface area contributed by atoms with E-state index in [1.54, 1.807) is 31.4 Å². The largest absolute Gasteiger partial charge is 0.573 e. The Balaban J connectivity index is 1.44. The lowest BCUT2D eigenvalue weighted by molar-refractivity contribution is -0.275. The highest BCUT2D eigenvalue weighted by Gasteiger charge is 2.32. The average molecular weight is 482 g/mol. The van der Waals surface area contributed by atoms with E-state index in [0.717, 1.165) is 17.7 Å². The molecule has 1 aliphatic rings. The van der Waals surface area contributed by atoms with Crippen LogP contribution in [0.1, 0.15) is 23.0 Å². The summed E-state index contributed by atoms with van der Waals surface area (Å²) < 4.78 is 86.2. The number of rotatable bonds is 7. The first-order valence-corrected chi connectivity index (χ1v) is 10.7. The van der Waals surface area contributed by atoms with E-state index in [1.165, 1.54) is 6.07 Å². The van der Waals surface area contributed by atoms with Gasteiger partial charge in [-0.05, 0) is 47.6 Å². The highest BCUT2D eigenvalue weighted by Crippen LogP contribution is 2.31. The van der Waals surface area contributed by atoms with Crippen LogP contribution in [0.15, 0.2) is 48.5 Å². The SMILES string of the molecule is COCC1COC(c2ccc3c(F)c(CCc4ccc(OC(F)(F)F)c(F)c4)ccc3c2)OC1. The van der Waals surface area contributed by atoms with Gasteiger partial charge < -0.3 is 18.9 Å². The van der Waals surface area contributed by atoms with E-state index in [-0.39, 0.29) is 18.8 Å². The van der Waals surface area contributed by atoms with Crippen molar-refractivity contribution in [3.8, 4) is 5.75 Å². The molecule has 9 heteroatoms. The smallest absolute Gasteiger partial charge is 0.403 e. The number of ether oxygens (including phenoxy) is 4. The maximum absolute atomic E-state index is 15.1. The summed E-state index contributed by atoms with van der Waals surface area (Å²) in [5, 5.41) is 1.11. The van der Waals surface area contributed by atoms with Gasteiger partial charge in [-0.3, -0.25) is 0 Å². The Hall–Kier alpha value is -2.75. The maximum atomic E-state index is 15.1.